The van der Waals surface area contributed by atoms with Crippen molar-refractivity contribution in [3.05, 3.63) is 54.0 Å². The van der Waals surface area contributed by atoms with Gasteiger partial charge < -0.3 is 10.2 Å². The summed E-state index contributed by atoms with van der Waals surface area (Å²) < 4.78 is 13.7. The highest BCUT2D eigenvalue weighted by Gasteiger charge is 2.08. The van der Waals surface area contributed by atoms with Gasteiger partial charge in [0.2, 0.25) is 0 Å². The van der Waals surface area contributed by atoms with E-state index in [4.69, 9.17) is 0 Å². The number of pyridine rings is 1. The molecule has 0 spiro atoms. The Hall–Kier alpha value is -2.10. The van der Waals surface area contributed by atoms with Crippen molar-refractivity contribution in [2.24, 2.45) is 0 Å². The van der Waals surface area contributed by atoms with E-state index in [1.54, 1.807) is 12.1 Å². The quantitative estimate of drug-likeness (QED) is 0.893. The highest BCUT2D eigenvalue weighted by atomic mass is 19.1. The van der Waals surface area contributed by atoms with Crippen LogP contribution in [0, 0.1) is 5.82 Å². The molecule has 0 aliphatic carbocycles. The van der Waals surface area contributed by atoms with Gasteiger partial charge in [-0.05, 0) is 31.2 Å². The Kier molecular flexibility index (Phi) is 4.34. The molecule has 2 rings (SSSR count). The first-order valence-electron chi connectivity index (χ1n) is 6.36. The Morgan fingerprint density at radius 2 is 1.95 bits per heavy atom. The van der Waals surface area contributed by atoms with Crippen LogP contribution in [-0.2, 0) is 6.54 Å². The zero-order valence-electron chi connectivity index (χ0n) is 11.2. The van der Waals surface area contributed by atoms with E-state index >= 15 is 0 Å². The number of rotatable bonds is 5. The minimum Gasteiger partial charge on any atom is -0.370 e. The Morgan fingerprint density at radius 3 is 2.68 bits per heavy atom. The van der Waals surface area contributed by atoms with Crippen LogP contribution in [-0.4, -0.2) is 18.6 Å². The van der Waals surface area contributed by atoms with Crippen molar-refractivity contribution in [1.29, 1.82) is 0 Å². The molecule has 100 valence electrons. The number of halogens is 1. The third-order valence-corrected chi connectivity index (χ3v) is 2.83. The van der Waals surface area contributed by atoms with E-state index in [1.807, 2.05) is 43.1 Å². The van der Waals surface area contributed by atoms with Gasteiger partial charge >= 0.3 is 0 Å². The minimum absolute atomic E-state index is 0.215. The maximum atomic E-state index is 13.7. The number of hydrogen-bond acceptors (Lipinski definition) is 3. The van der Waals surface area contributed by atoms with Crippen LogP contribution in [0.4, 0.5) is 15.9 Å². The van der Waals surface area contributed by atoms with Gasteiger partial charge in [-0.15, -0.1) is 0 Å². The lowest BCUT2D eigenvalue weighted by Crippen LogP contribution is -2.18. The van der Waals surface area contributed by atoms with E-state index in [-0.39, 0.29) is 5.82 Å². The highest BCUT2D eigenvalue weighted by molar-refractivity contribution is 5.47. The summed E-state index contributed by atoms with van der Waals surface area (Å²) in [5, 5.41) is 3.17. The van der Waals surface area contributed by atoms with Crippen LogP contribution < -0.4 is 10.2 Å². The molecule has 4 heteroatoms. The summed E-state index contributed by atoms with van der Waals surface area (Å²) in [6.07, 6.45) is 0. The van der Waals surface area contributed by atoms with Crippen molar-refractivity contribution in [3.8, 4) is 0 Å². The average molecular weight is 259 g/mol. The molecular formula is C15H18FN3. The molecule has 0 saturated carbocycles. The summed E-state index contributed by atoms with van der Waals surface area (Å²) in [4.78, 5) is 6.34. The van der Waals surface area contributed by atoms with Crippen LogP contribution in [0.5, 0.6) is 0 Å². The molecule has 1 N–H and O–H groups in total. The summed E-state index contributed by atoms with van der Waals surface area (Å²) >= 11 is 0. The summed E-state index contributed by atoms with van der Waals surface area (Å²) in [6.45, 7) is 3.43. The first-order valence-corrected chi connectivity index (χ1v) is 6.36. The zero-order valence-corrected chi connectivity index (χ0v) is 11.2. The second kappa shape index (κ2) is 6.18. The van der Waals surface area contributed by atoms with Crippen molar-refractivity contribution in [2.45, 2.75) is 13.5 Å². The van der Waals surface area contributed by atoms with E-state index in [9.17, 15) is 4.39 Å². The van der Waals surface area contributed by atoms with Crippen LogP contribution in [0.3, 0.4) is 0 Å². The summed E-state index contributed by atoms with van der Waals surface area (Å²) in [6, 6.07) is 12.6. The van der Waals surface area contributed by atoms with Gasteiger partial charge in [-0.2, -0.15) is 0 Å². The van der Waals surface area contributed by atoms with Gasteiger partial charge in [-0.25, -0.2) is 9.37 Å². The minimum atomic E-state index is -0.215. The molecule has 3 nitrogen and oxygen atoms in total. The molecule has 0 fully saturated rings. The molecule has 19 heavy (non-hydrogen) atoms. The largest absolute Gasteiger partial charge is 0.370 e. The van der Waals surface area contributed by atoms with Gasteiger partial charge in [0, 0.05) is 13.6 Å². The molecule has 0 aliphatic rings. The average Bonchev–Trinajstić information content (AvgIpc) is 2.40. The predicted molar refractivity (Wildman–Crippen MR) is 76.9 cm³/mol. The molecule has 0 aliphatic heterocycles. The third-order valence-electron chi connectivity index (χ3n) is 2.83. The standard InChI is InChI=1S/C15H18FN3/c1-3-17-15-10-6-7-12(18-15)11-19(2)14-9-5-4-8-13(14)16/h4-10H,3,11H2,1-2H3,(H,17,18). The SMILES string of the molecule is CCNc1cccc(CN(C)c2ccccc2F)n1. The number of aromatic nitrogens is 1. The van der Waals surface area contributed by atoms with Gasteiger partial charge in [-0.1, -0.05) is 18.2 Å². The Bertz CT molecular complexity index is 542. The molecule has 1 aromatic heterocycles. The van der Waals surface area contributed by atoms with Crippen LogP contribution in [0.2, 0.25) is 0 Å². The number of hydrogen-bond donors (Lipinski definition) is 1. The fourth-order valence-electron chi connectivity index (χ4n) is 1.94. The van der Waals surface area contributed by atoms with Crippen LogP contribution in [0.25, 0.3) is 0 Å². The molecule has 0 atom stereocenters. The maximum absolute atomic E-state index is 13.7. The number of nitrogens with one attached hydrogen (secondary N) is 1. The lowest BCUT2D eigenvalue weighted by Gasteiger charge is -2.19. The first kappa shape index (κ1) is 13.3. The van der Waals surface area contributed by atoms with E-state index in [1.165, 1.54) is 6.07 Å². The van der Waals surface area contributed by atoms with Crippen molar-refractivity contribution in [3.63, 3.8) is 0 Å². The van der Waals surface area contributed by atoms with E-state index in [0.29, 0.717) is 12.2 Å². The third kappa shape index (κ3) is 3.44. The molecule has 1 heterocycles. The lowest BCUT2D eigenvalue weighted by molar-refractivity contribution is 0.622. The Balaban J connectivity index is 2.12. The van der Waals surface area contributed by atoms with E-state index in [2.05, 4.69) is 10.3 Å². The van der Waals surface area contributed by atoms with E-state index in [0.717, 1.165) is 18.1 Å². The number of anilines is 2. The normalized spacial score (nSPS) is 10.3. The van der Waals surface area contributed by atoms with Crippen molar-refractivity contribution in [1.82, 2.24) is 4.98 Å². The topological polar surface area (TPSA) is 28.2 Å². The van der Waals surface area contributed by atoms with Crippen molar-refractivity contribution >= 4 is 11.5 Å². The molecule has 2 aromatic rings. The molecule has 0 radical (unpaired) electrons. The van der Waals surface area contributed by atoms with Gasteiger partial charge in [0.05, 0.1) is 17.9 Å². The second-order valence-corrected chi connectivity index (χ2v) is 4.35. The van der Waals surface area contributed by atoms with Crippen LogP contribution >= 0.6 is 0 Å². The zero-order chi connectivity index (χ0) is 13.7. The van der Waals surface area contributed by atoms with Crippen LogP contribution in [0.1, 0.15) is 12.6 Å². The first-order chi connectivity index (χ1) is 9.20. The fourth-order valence-corrected chi connectivity index (χ4v) is 1.94. The van der Waals surface area contributed by atoms with Crippen molar-refractivity contribution < 1.29 is 4.39 Å². The molecule has 0 bridgehead atoms. The Labute approximate surface area is 113 Å². The van der Waals surface area contributed by atoms with Gasteiger partial charge in [-0.3, -0.25) is 0 Å². The predicted octanol–water partition coefficient (Wildman–Crippen LogP) is 3.29. The molecule has 0 amide bonds. The monoisotopic (exact) mass is 259 g/mol. The summed E-state index contributed by atoms with van der Waals surface area (Å²) in [5.74, 6) is 0.634. The van der Waals surface area contributed by atoms with Crippen LogP contribution in [0.15, 0.2) is 42.5 Å². The fraction of sp³-hybridized carbons (Fsp3) is 0.267. The van der Waals surface area contributed by atoms with Gasteiger partial charge in [0.25, 0.3) is 0 Å². The Morgan fingerprint density at radius 1 is 1.16 bits per heavy atom. The number of benzene rings is 1. The number of para-hydroxylation sites is 1. The second-order valence-electron chi connectivity index (χ2n) is 4.35. The smallest absolute Gasteiger partial charge is 0.146 e. The van der Waals surface area contributed by atoms with Crippen molar-refractivity contribution in [2.75, 3.05) is 23.8 Å². The van der Waals surface area contributed by atoms with E-state index < -0.39 is 0 Å². The molecule has 0 unspecified atom stereocenters. The van der Waals surface area contributed by atoms with Gasteiger partial charge in [0.1, 0.15) is 11.6 Å². The van der Waals surface area contributed by atoms with Gasteiger partial charge in [0.15, 0.2) is 0 Å². The molecule has 0 saturated heterocycles. The summed E-state index contributed by atoms with van der Waals surface area (Å²) in [7, 11) is 1.86. The summed E-state index contributed by atoms with van der Waals surface area (Å²) in [5.41, 5.74) is 1.49. The maximum Gasteiger partial charge on any atom is 0.146 e. The molecule has 1 aromatic carbocycles. The highest BCUT2D eigenvalue weighted by Crippen LogP contribution is 2.19. The molecular weight excluding hydrogens is 241 g/mol. The lowest BCUT2D eigenvalue weighted by atomic mass is 10.2. The number of nitrogens with zero attached hydrogens (tertiary/aromatic N) is 2.